The van der Waals surface area contributed by atoms with E-state index in [-0.39, 0.29) is 33.4 Å². The third-order valence-electron chi connectivity index (χ3n) is 1.27. The van der Waals surface area contributed by atoms with Crippen LogP contribution in [-0.4, -0.2) is 5.09 Å². The summed E-state index contributed by atoms with van der Waals surface area (Å²) in [5.41, 5.74) is 0.754. The van der Waals surface area contributed by atoms with Crippen LogP contribution < -0.4 is 4.84 Å². The van der Waals surface area contributed by atoms with Crippen molar-refractivity contribution in [2.24, 2.45) is 0 Å². The smallest absolute Gasteiger partial charge is 0.276 e. The van der Waals surface area contributed by atoms with E-state index >= 15 is 0 Å². The molecule has 60 valence electrons. The van der Waals surface area contributed by atoms with Crippen molar-refractivity contribution in [1.29, 1.82) is 0 Å². The van der Waals surface area contributed by atoms with E-state index in [1.165, 1.54) is 0 Å². The monoisotopic (exact) mass is 355 g/mol. The van der Waals surface area contributed by atoms with Gasteiger partial charge in [0.25, 0.3) is 5.09 Å². The third kappa shape index (κ3) is 3.17. The Labute approximate surface area is 90.1 Å². The maximum atomic E-state index is 9.90. The topological polar surface area (TPSA) is 52.4 Å². The van der Waals surface area contributed by atoms with Gasteiger partial charge in [-0.15, -0.1) is 10.1 Å². The molecule has 5 heteroatoms. The molecule has 0 saturated heterocycles. The molecule has 0 atom stereocenters. The Morgan fingerprint density at radius 3 is 2.50 bits per heavy atom. The Morgan fingerprint density at radius 1 is 1.42 bits per heavy atom. The first-order valence-electron chi connectivity index (χ1n) is 3.08. The van der Waals surface area contributed by atoms with Gasteiger partial charge in [0.1, 0.15) is 5.75 Å². The van der Waals surface area contributed by atoms with E-state index in [1.807, 2.05) is 0 Å². The fraction of sp³-hybridized carbons (Fsp3) is 0.143. The summed E-state index contributed by atoms with van der Waals surface area (Å²) in [4.78, 5) is 14.2. The fourth-order valence-corrected chi connectivity index (χ4v) is 0.739. The Morgan fingerprint density at radius 2 is 2.00 bits per heavy atom. The molecule has 0 amide bonds. The van der Waals surface area contributed by atoms with Crippen molar-refractivity contribution in [3.05, 3.63) is 39.9 Å². The van der Waals surface area contributed by atoms with Crippen molar-refractivity contribution in [3.8, 4) is 5.75 Å². The van der Waals surface area contributed by atoms with Gasteiger partial charge in [-0.1, -0.05) is 18.2 Å². The van der Waals surface area contributed by atoms with Gasteiger partial charge in [0.15, 0.2) is 0 Å². The second-order valence-electron chi connectivity index (χ2n) is 2.08. The van der Waals surface area contributed by atoms with Gasteiger partial charge in [-0.25, -0.2) is 0 Å². The second-order valence-corrected chi connectivity index (χ2v) is 2.08. The normalized spacial score (nSPS) is 8.42. The molecule has 0 saturated carbocycles. The van der Waals surface area contributed by atoms with Gasteiger partial charge in [0, 0.05) is 27.7 Å². The average molecular weight is 354 g/mol. The number of hydrogen-bond donors (Lipinski definition) is 0. The molecule has 1 aromatic carbocycles. The Balaban J connectivity index is 0.00000121. The summed E-state index contributed by atoms with van der Waals surface area (Å²) in [5.74, 6) is 0.289. The molecule has 0 aromatic heterocycles. The maximum Gasteiger partial charge on any atom is 0.299 e. The Kier molecular flexibility index (Phi) is 4.81. The van der Waals surface area contributed by atoms with Gasteiger partial charge in [-0.05, 0) is 18.6 Å². The Hall–Kier alpha value is -0.645. The minimum Gasteiger partial charge on any atom is -0.276 e. The minimum absolute atomic E-state index is 0. The zero-order valence-electron chi connectivity index (χ0n) is 6.69. The first kappa shape index (κ1) is 11.4. The van der Waals surface area contributed by atoms with Crippen LogP contribution >= 0.6 is 0 Å². The summed E-state index contributed by atoms with van der Waals surface area (Å²) in [6.45, 7) is 1.75. The van der Waals surface area contributed by atoms with E-state index in [9.17, 15) is 10.1 Å². The molecule has 0 bridgehead atoms. The van der Waals surface area contributed by atoms with Crippen LogP contribution in [0.1, 0.15) is 5.56 Å². The van der Waals surface area contributed by atoms with Crippen LogP contribution in [0.2, 0.25) is 0 Å². The number of aryl methyl sites for hydroxylation is 1. The summed E-state index contributed by atoms with van der Waals surface area (Å²) in [5, 5.41) is 9.09. The molecule has 0 unspecified atom stereocenters. The van der Waals surface area contributed by atoms with E-state index in [0.29, 0.717) is 0 Å². The van der Waals surface area contributed by atoms with Crippen molar-refractivity contribution < 1.29 is 37.6 Å². The van der Waals surface area contributed by atoms with E-state index < -0.39 is 5.09 Å². The molecule has 0 heterocycles. The van der Waals surface area contributed by atoms with Gasteiger partial charge in [-0.3, -0.25) is 4.84 Å². The third-order valence-corrected chi connectivity index (χ3v) is 1.27. The molecule has 0 fully saturated rings. The second kappa shape index (κ2) is 5.08. The van der Waals surface area contributed by atoms with Crippen LogP contribution in [0.4, 0.5) is 0 Å². The van der Waals surface area contributed by atoms with Gasteiger partial charge in [0.05, 0.1) is 0 Å². The molecule has 12 heavy (non-hydrogen) atoms. The predicted molar refractivity (Wildman–Crippen MR) is 38.8 cm³/mol. The van der Waals surface area contributed by atoms with Crippen LogP contribution in [0.3, 0.4) is 0 Å². The number of nitrogens with zero attached hydrogens (tertiary/aromatic N) is 1. The molecule has 4 nitrogen and oxygen atoms in total. The Bertz CT molecular complexity index is 277. The summed E-state index contributed by atoms with van der Waals surface area (Å²) in [6, 6.07) is 6.78. The molecule has 1 aromatic rings. The molecule has 0 N–H and O–H groups in total. The maximum absolute atomic E-state index is 9.90. The average Bonchev–Trinajstić information content (AvgIpc) is 1.93. The first-order chi connectivity index (χ1) is 5.20. The molecule has 0 aliphatic rings. The first-order valence-corrected chi connectivity index (χ1v) is 3.08. The van der Waals surface area contributed by atoms with Crippen molar-refractivity contribution in [2.75, 3.05) is 0 Å². The molecular formula is C7H7HgNO3. The number of benzene rings is 1. The quantitative estimate of drug-likeness (QED) is 0.461. The van der Waals surface area contributed by atoms with E-state index in [2.05, 4.69) is 4.84 Å². The standard InChI is InChI=1S/C7H7NO3.Hg/c1-6-4-2-3-5-7(6)11-8(9)10;/h2-5H,1H3;. The molecule has 1 rings (SSSR count). The van der Waals surface area contributed by atoms with Crippen molar-refractivity contribution in [3.63, 3.8) is 0 Å². The van der Waals surface area contributed by atoms with E-state index in [4.69, 9.17) is 0 Å². The van der Waals surface area contributed by atoms with E-state index in [0.717, 1.165) is 5.56 Å². The molecule has 0 radical (unpaired) electrons. The van der Waals surface area contributed by atoms with Crippen LogP contribution in [-0.2, 0) is 27.7 Å². The van der Waals surface area contributed by atoms with Gasteiger partial charge < -0.3 is 0 Å². The molecule has 0 spiro atoms. The van der Waals surface area contributed by atoms with Crippen molar-refractivity contribution in [1.82, 2.24) is 0 Å². The molecular weight excluding hydrogens is 347 g/mol. The summed E-state index contributed by atoms with van der Waals surface area (Å²) < 4.78 is 0. The molecule has 0 aliphatic carbocycles. The van der Waals surface area contributed by atoms with E-state index in [1.54, 1.807) is 31.2 Å². The largest absolute Gasteiger partial charge is 0.299 e. The van der Waals surface area contributed by atoms with Crippen LogP contribution in [0, 0.1) is 17.0 Å². The minimum atomic E-state index is -0.817. The van der Waals surface area contributed by atoms with Crippen molar-refractivity contribution in [2.45, 2.75) is 6.92 Å². The SMILES string of the molecule is Cc1ccccc1O[N+](=O)[O-].[Hg]. The summed E-state index contributed by atoms with van der Waals surface area (Å²) in [7, 11) is 0. The summed E-state index contributed by atoms with van der Waals surface area (Å²) >= 11 is 0. The number of hydrogen-bond acceptors (Lipinski definition) is 3. The van der Waals surface area contributed by atoms with Gasteiger partial charge >= 0.3 is 0 Å². The zero-order valence-corrected chi connectivity index (χ0v) is 12.2. The summed E-state index contributed by atoms with van der Waals surface area (Å²) in [6.07, 6.45) is 0. The van der Waals surface area contributed by atoms with Crippen LogP contribution in [0.15, 0.2) is 24.3 Å². The fourth-order valence-electron chi connectivity index (χ4n) is 0.739. The van der Waals surface area contributed by atoms with Gasteiger partial charge in [0.2, 0.25) is 0 Å². The van der Waals surface area contributed by atoms with Crippen molar-refractivity contribution >= 4 is 0 Å². The number of para-hydroxylation sites is 1. The zero-order chi connectivity index (χ0) is 8.27. The number of rotatable bonds is 2. The molecule has 0 aliphatic heterocycles. The van der Waals surface area contributed by atoms with Gasteiger partial charge in [-0.2, -0.15) is 0 Å². The van der Waals surface area contributed by atoms with Crippen LogP contribution in [0.5, 0.6) is 5.75 Å². The van der Waals surface area contributed by atoms with Crippen LogP contribution in [0.25, 0.3) is 0 Å². The predicted octanol–water partition coefficient (Wildman–Crippen LogP) is 1.56.